The first kappa shape index (κ1) is 13.4. The molecule has 1 saturated carbocycles. The van der Waals surface area contributed by atoms with Crippen LogP contribution in [0.2, 0.25) is 5.02 Å². The quantitative estimate of drug-likeness (QED) is 0.882. The van der Waals surface area contributed by atoms with E-state index >= 15 is 0 Å². The molecule has 0 radical (unpaired) electrons. The van der Waals surface area contributed by atoms with Gasteiger partial charge in [0, 0.05) is 30.5 Å². The minimum absolute atomic E-state index is 0.459. The van der Waals surface area contributed by atoms with Gasteiger partial charge in [-0.05, 0) is 36.6 Å². The van der Waals surface area contributed by atoms with Gasteiger partial charge in [0.15, 0.2) is 0 Å². The molecule has 1 aromatic carbocycles. The van der Waals surface area contributed by atoms with Gasteiger partial charge in [-0.15, -0.1) is 0 Å². The molecule has 1 fully saturated rings. The molecule has 1 aromatic heterocycles. The van der Waals surface area contributed by atoms with Gasteiger partial charge in [-0.1, -0.05) is 23.7 Å². The van der Waals surface area contributed by atoms with Gasteiger partial charge in [0.25, 0.3) is 0 Å². The first-order valence-corrected chi connectivity index (χ1v) is 7.22. The summed E-state index contributed by atoms with van der Waals surface area (Å²) < 4.78 is 5.80. The lowest BCUT2D eigenvalue weighted by atomic mass is 10.2. The molecule has 0 bridgehead atoms. The van der Waals surface area contributed by atoms with Crippen LogP contribution in [-0.4, -0.2) is 11.0 Å². The molecule has 0 atom stereocenters. The summed E-state index contributed by atoms with van der Waals surface area (Å²) in [6.07, 6.45) is 5.96. The molecule has 1 heterocycles. The standard InChI is InChI=1S/C16H17ClN2O/c17-16-10-18-7-6-13(16)11-20-15-3-1-2-12(8-15)9-19-14-4-5-14/h1-3,6-8,10,14,19H,4-5,9,11H2. The largest absolute Gasteiger partial charge is 0.489 e. The van der Waals surface area contributed by atoms with Crippen LogP contribution >= 0.6 is 11.6 Å². The fourth-order valence-corrected chi connectivity index (χ4v) is 2.15. The number of hydrogen-bond donors (Lipinski definition) is 1. The maximum Gasteiger partial charge on any atom is 0.120 e. The minimum atomic E-state index is 0.459. The molecule has 20 heavy (non-hydrogen) atoms. The molecule has 0 saturated heterocycles. The van der Waals surface area contributed by atoms with Crippen LogP contribution in [0.15, 0.2) is 42.7 Å². The smallest absolute Gasteiger partial charge is 0.120 e. The van der Waals surface area contributed by atoms with Crippen molar-refractivity contribution in [1.82, 2.24) is 10.3 Å². The molecule has 104 valence electrons. The van der Waals surface area contributed by atoms with E-state index in [0.29, 0.717) is 11.6 Å². The van der Waals surface area contributed by atoms with Crippen LogP contribution in [0.4, 0.5) is 0 Å². The van der Waals surface area contributed by atoms with Gasteiger partial charge in [-0.25, -0.2) is 0 Å². The van der Waals surface area contributed by atoms with Gasteiger partial charge in [0.05, 0.1) is 5.02 Å². The molecule has 1 aliphatic carbocycles. The van der Waals surface area contributed by atoms with Crippen LogP contribution in [0.1, 0.15) is 24.0 Å². The van der Waals surface area contributed by atoms with Crippen LogP contribution in [-0.2, 0) is 13.2 Å². The molecule has 3 nitrogen and oxygen atoms in total. The molecule has 1 aliphatic rings. The zero-order valence-electron chi connectivity index (χ0n) is 11.2. The molecule has 0 unspecified atom stereocenters. The van der Waals surface area contributed by atoms with E-state index in [0.717, 1.165) is 23.9 Å². The monoisotopic (exact) mass is 288 g/mol. The Morgan fingerprint density at radius 3 is 3.00 bits per heavy atom. The second-order valence-electron chi connectivity index (χ2n) is 5.06. The predicted molar refractivity (Wildman–Crippen MR) is 79.9 cm³/mol. The topological polar surface area (TPSA) is 34.1 Å². The number of pyridine rings is 1. The van der Waals surface area contributed by atoms with Gasteiger partial charge in [0.1, 0.15) is 12.4 Å². The second-order valence-corrected chi connectivity index (χ2v) is 5.47. The lowest BCUT2D eigenvalue weighted by molar-refractivity contribution is 0.306. The van der Waals surface area contributed by atoms with Crippen molar-refractivity contribution < 1.29 is 4.74 Å². The maximum atomic E-state index is 6.06. The van der Waals surface area contributed by atoms with Crippen LogP contribution in [0.3, 0.4) is 0 Å². The summed E-state index contributed by atoms with van der Waals surface area (Å²) in [4.78, 5) is 3.96. The molecular formula is C16H17ClN2O. The first-order valence-electron chi connectivity index (χ1n) is 6.85. The Hall–Kier alpha value is -1.58. The summed E-state index contributed by atoms with van der Waals surface area (Å²) >= 11 is 6.06. The molecule has 0 spiro atoms. The Morgan fingerprint density at radius 2 is 2.20 bits per heavy atom. The third-order valence-corrected chi connectivity index (χ3v) is 3.66. The van der Waals surface area contributed by atoms with E-state index < -0.39 is 0 Å². The summed E-state index contributed by atoms with van der Waals surface area (Å²) in [5.41, 5.74) is 2.19. The third kappa shape index (κ3) is 3.71. The Bertz CT molecular complexity index is 584. The van der Waals surface area contributed by atoms with E-state index in [2.05, 4.69) is 22.4 Å². The second kappa shape index (κ2) is 6.25. The molecule has 0 aliphatic heterocycles. The van der Waals surface area contributed by atoms with Gasteiger partial charge >= 0.3 is 0 Å². The number of hydrogen-bond acceptors (Lipinski definition) is 3. The molecule has 1 N–H and O–H groups in total. The number of ether oxygens (including phenoxy) is 1. The van der Waals surface area contributed by atoms with Crippen molar-refractivity contribution in [3.05, 3.63) is 58.9 Å². The molecule has 0 amide bonds. The molecule has 4 heteroatoms. The molecule has 3 rings (SSSR count). The van der Waals surface area contributed by atoms with E-state index in [9.17, 15) is 0 Å². The van der Waals surface area contributed by atoms with Crippen molar-refractivity contribution >= 4 is 11.6 Å². The number of rotatable bonds is 6. The average Bonchev–Trinajstić information content (AvgIpc) is 3.29. The van der Waals surface area contributed by atoms with Crippen LogP contribution in [0.5, 0.6) is 5.75 Å². The summed E-state index contributed by atoms with van der Waals surface area (Å²) in [6.45, 7) is 1.36. The SMILES string of the molecule is Clc1cnccc1COc1cccc(CNC2CC2)c1. The highest BCUT2D eigenvalue weighted by molar-refractivity contribution is 6.31. The number of aromatic nitrogens is 1. The molecule has 2 aromatic rings. The van der Waals surface area contributed by atoms with Gasteiger partial charge < -0.3 is 10.1 Å². The van der Waals surface area contributed by atoms with E-state index in [-0.39, 0.29) is 0 Å². The van der Waals surface area contributed by atoms with Gasteiger partial charge in [0.2, 0.25) is 0 Å². The Balaban J connectivity index is 1.59. The maximum absolute atomic E-state index is 6.06. The van der Waals surface area contributed by atoms with Crippen molar-refractivity contribution in [3.63, 3.8) is 0 Å². The Kier molecular flexibility index (Phi) is 4.19. The van der Waals surface area contributed by atoms with E-state index in [1.807, 2.05) is 18.2 Å². The number of nitrogens with one attached hydrogen (secondary N) is 1. The zero-order valence-corrected chi connectivity index (χ0v) is 11.9. The Labute approximate surface area is 123 Å². The predicted octanol–water partition coefficient (Wildman–Crippen LogP) is 3.57. The fraction of sp³-hybridized carbons (Fsp3) is 0.312. The minimum Gasteiger partial charge on any atom is -0.489 e. The van der Waals surface area contributed by atoms with Gasteiger partial charge in [-0.2, -0.15) is 0 Å². The van der Waals surface area contributed by atoms with E-state index in [1.54, 1.807) is 12.4 Å². The van der Waals surface area contributed by atoms with E-state index in [1.165, 1.54) is 18.4 Å². The number of nitrogens with zero attached hydrogens (tertiary/aromatic N) is 1. The van der Waals surface area contributed by atoms with Gasteiger partial charge in [-0.3, -0.25) is 4.98 Å². The fourth-order valence-electron chi connectivity index (χ4n) is 1.98. The zero-order chi connectivity index (χ0) is 13.8. The van der Waals surface area contributed by atoms with Crippen molar-refractivity contribution in [2.24, 2.45) is 0 Å². The number of benzene rings is 1. The summed E-state index contributed by atoms with van der Waals surface area (Å²) in [7, 11) is 0. The van der Waals surface area contributed by atoms with Crippen molar-refractivity contribution in [2.75, 3.05) is 0 Å². The normalized spacial score (nSPS) is 14.2. The van der Waals surface area contributed by atoms with Crippen LogP contribution in [0.25, 0.3) is 0 Å². The highest BCUT2D eigenvalue weighted by Crippen LogP contribution is 2.21. The van der Waals surface area contributed by atoms with Crippen molar-refractivity contribution in [2.45, 2.75) is 32.0 Å². The lowest BCUT2D eigenvalue weighted by Gasteiger charge is -2.09. The number of halogens is 1. The summed E-state index contributed by atoms with van der Waals surface area (Å²) in [5, 5.41) is 4.14. The summed E-state index contributed by atoms with van der Waals surface area (Å²) in [5.74, 6) is 0.868. The lowest BCUT2D eigenvalue weighted by Crippen LogP contribution is -2.15. The Morgan fingerprint density at radius 1 is 1.30 bits per heavy atom. The van der Waals surface area contributed by atoms with Crippen molar-refractivity contribution in [1.29, 1.82) is 0 Å². The molecular weight excluding hydrogens is 272 g/mol. The van der Waals surface area contributed by atoms with Crippen molar-refractivity contribution in [3.8, 4) is 5.75 Å². The highest BCUT2D eigenvalue weighted by atomic mass is 35.5. The average molecular weight is 289 g/mol. The highest BCUT2D eigenvalue weighted by Gasteiger charge is 2.19. The third-order valence-electron chi connectivity index (χ3n) is 3.32. The first-order chi connectivity index (χ1) is 9.81. The van der Waals surface area contributed by atoms with Crippen LogP contribution < -0.4 is 10.1 Å². The summed E-state index contributed by atoms with van der Waals surface area (Å²) in [6, 6.07) is 10.8. The van der Waals surface area contributed by atoms with Crippen LogP contribution in [0, 0.1) is 0 Å². The van der Waals surface area contributed by atoms with E-state index in [4.69, 9.17) is 16.3 Å².